The number of urea groups is 1. The molecule has 2 amide bonds. The van der Waals surface area contributed by atoms with Crippen LogP contribution in [0.4, 0.5) is 16.3 Å². The lowest BCUT2D eigenvalue weighted by Crippen LogP contribution is -2.55. The monoisotopic (exact) mass is 471 g/mol. The molecular formula is C23H23Cl2N5O2. The highest BCUT2D eigenvalue weighted by Crippen LogP contribution is 2.30. The number of nitrogens with one attached hydrogen (secondary N) is 1. The zero-order chi connectivity index (χ0) is 22.7. The zero-order valence-corrected chi connectivity index (χ0v) is 19.3. The Balaban J connectivity index is 1.40. The number of rotatable bonds is 4. The summed E-state index contributed by atoms with van der Waals surface area (Å²) in [6.45, 7) is 5.82. The summed E-state index contributed by atoms with van der Waals surface area (Å²) < 4.78 is 5.89. The summed E-state index contributed by atoms with van der Waals surface area (Å²) in [5.41, 5.74) is 1.75. The van der Waals surface area contributed by atoms with E-state index >= 15 is 0 Å². The Kier molecular flexibility index (Phi) is 6.67. The number of hydrogen-bond acceptors (Lipinski definition) is 5. The second-order valence-electron chi connectivity index (χ2n) is 7.68. The van der Waals surface area contributed by atoms with Crippen molar-refractivity contribution in [3.05, 3.63) is 70.5 Å². The molecule has 0 saturated carbocycles. The predicted octanol–water partition coefficient (Wildman–Crippen LogP) is 5.63. The van der Waals surface area contributed by atoms with Gasteiger partial charge < -0.3 is 19.9 Å². The van der Waals surface area contributed by atoms with Crippen molar-refractivity contribution in [2.24, 2.45) is 0 Å². The van der Waals surface area contributed by atoms with Crippen LogP contribution in [0.15, 0.2) is 54.9 Å². The Morgan fingerprint density at radius 1 is 1.09 bits per heavy atom. The topological polar surface area (TPSA) is 70.6 Å². The SMILES string of the molecule is Cc1ccc(Cl)c(Oc2cc(N3CCN(C(=O)Nc4ccc(Cl)cc4)[C@H](C)C3)ncn2)c1. The van der Waals surface area contributed by atoms with Gasteiger partial charge in [0.05, 0.1) is 5.02 Å². The Morgan fingerprint density at radius 3 is 2.62 bits per heavy atom. The number of carbonyl (C=O) groups excluding carboxylic acids is 1. The lowest BCUT2D eigenvalue weighted by atomic mass is 10.2. The number of hydrogen-bond donors (Lipinski definition) is 1. The second kappa shape index (κ2) is 9.63. The highest BCUT2D eigenvalue weighted by molar-refractivity contribution is 6.32. The maximum Gasteiger partial charge on any atom is 0.322 e. The molecule has 1 aromatic heterocycles. The first kappa shape index (κ1) is 22.2. The standard InChI is InChI=1S/C23H23Cl2N5O2/c1-15-3-8-19(25)20(11-15)32-22-12-21(26-14-27-22)29-9-10-30(16(2)13-29)23(31)28-18-6-4-17(24)5-7-18/h3-8,11-12,14,16H,9-10,13H2,1-2H3,(H,28,31)/t16-/m1/s1. The highest BCUT2D eigenvalue weighted by Gasteiger charge is 2.28. The number of carbonyl (C=O) groups is 1. The van der Waals surface area contributed by atoms with Gasteiger partial charge in [0.2, 0.25) is 5.88 Å². The maximum absolute atomic E-state index is 12.7. The van der Waals surface area contributed by atoms with Crippen molar-refractivity contribution < 1.29 is 9.53 Å². The molecule has 32 heavy (non-hydrogen) atoms. The largest absolute Gasteiger partial charge is 0.437 e. The lowest BCUT2D eigenvalue weighted by Gasteiger charge is -2.40. The molecule has 1 aliphatic heterocycles. The molecule has 1 atom stereocenters. The first-order valence-corrected chi connectivity index (χ1v) is 11.0. The van der Waals surface area contributed by atoms with Gasteiger partial charge in [0.15, 0.2) is 0 Å². The van der Waals surface area contributed by atoms with Crippen molar-refractivity contribution in [1.82, 2.24) is 14.9 Å². The van der Waals surface area contributed by atoms with E-state index < -0.39 is 0 Å². The van der Waals surface area contributed by atoms with Crippen LogP contribution in [0.1, 0.15) is 12.5 Å². The first-order chi connectivity index (χ1) is 15.4. The van der Waals surface area contributed by atoms with Crippen LogP contribution in [-0.2, 0) is 0 Å². The number of benzene rings is 2. The Morgan fingerprint density at radius 2 is 1.88 bits per heavy atom. The van der Waals surface area contributed by atoms with Crippen LogP contribution in [0.2, 0.25) is 10.0 Å². The smallest absolute Gasteiger partial charge is 0.322 e. The van der Waals surface area contributed by atoms with E-state index in [9.17, 15) is 4.79 Å². The lowest BCUT2D eigenvalue weighted by molar-refractivity contribution is 0.184. The van der Waals surface area contributed by atoms with Gasteiger partial charge in [-0.05, 0) is 55.8 Å². The van der Waals surface area contributed by atoms with Crippen molar-refractivity contribution in [3.63, 3.8) is 0 Å². The number of ether oxygens (including phenoxy) is 1. The molecule has 1 fully saturated rings. The van der Waals surface area contributed by atoms with E-state index in [-0.39, 0.29) is 12.1 Å². The molecule has 1 N–H and O–H groups in total. The van der Waals surface area contributed by atoms with E-state index in [1.54, 1.807) is 36.4 Å². The number of halogens is 2. The summed E-state index contributed by atoms with van der Waals surface area (Å²) in [4.78, 5) is 25.3. The minimum Gasteiger partial charge on any atom is -0.437 e. The molecule has 1 aliphatic rings. The minimum atomic E-state index is -0.139. The molecule has 0 bridgehead atoms. The van der Waals surface area contributed by atoms with Crippen LogP contribution in [0, 0.1) is 6.92 Å². The van der Waals surface area contributed by atoms with Gasteiger partial charge in [-0.2, -0.15) is 0 Å². The van der Waals surface area contributed by atoms with Crippen molar-refractivity contribution in [2.45, 2.75) is 19.9 Å². The maximum atomic E-state index is 12.7. The van der Waals surface area contributed by atoms with Crippen molar-refractivity contribution in [1.29, 1.82) is 0 Å². The molecule has 0 spiro atoms. The molecule has 166 valence electrons. The van der Waals surface area contributed by atoms with E-state index in [2.05, 4.69) is 20.2 Å². The van der Waals surface area contributed by atoms with Gasteiger partial charge in [-0.25, -0.2) is 14.8 Å². The number of aromatic nitrogens is 2. The average molecular weight is 472 g/mol. The fraction of sp³-hybridized carbons (Fsp3) is 0.261. The molecule has 0 radical (unpaired) electrons. The molecule has 1 saturated heterocycles. The molecule has 2 heterocycles. The summed E-state index contributed by atoms with van der Waals surface area (Å²) in [5, 5.41) is 4.07. The van der Waals surface area contributed by atoms with E-state index in [0.717, 1.165) is 11.4 Å². The van der Waals surface area contributed by atoms with E-state index in [0.29, 0.717) is 47.0 Å². The first-order valence-electron chi connectivity index (χ1n) is 10.2. The van der Waals surface area contributed by atoms with Crippen molar-refractivity contribution >= 4 is 40.7 Å². The van der Waals surface area contributed by atoms with Gasteiger partial charge in [0.1, 0.15) is 17.9 Å². The van der Waals surface area contributed by atoms with Crippen LogP contribution in [0.3, 0.4) is 0 Å². The molecule has 0 aliphatic carbocycles. The molecule has 0 unspecified atom stereocenters. The van der Waals surface area contributed by atoms with Gasteiger partial charge in [-0.3, -0.25) is 0 Å². The van der Waals surface area contributed by atoms with Gasteiger partial charge in [-0.15, -0.1) is 0 Å². The Labute approximate surface area is 196 Å². The summed E-state index contributed by atoms with van der Waals surface area (Å²) in [6, 6.07) is 14.3. The van der Waals surface area contributed by atoms with Crippen molar-refractivity contribution in [3.8, 4) is 11.6 Å². The van der Waals surface area contributed by atoms with Gasteiger partial charge in [-0.1, -0.05) is 29.3 Å². The van der Waals surface area contributed by atoms with E-state index in [1.165, 1.54) is 6.33 Å². The van der Waals surface area contributed by atoms with E-state index in [4.69, 9.17) is 27.9 Å². The highest BCUT2D eigenvalue weighted by atomic mass is 35.5. The molecule has 3 aromatic rings. The minimum absolute atomic E-state index is 0.0124. The molecule has 4 rings (SSSR count). The van der Waals surface area contributed by atoms with Crippen LogP contribution < -0.4 is 15.0 Å². The summed E-state index contributed by atoms with van der Waals surface area (Å²) >= 11 is 12.1. The third-order valence-electron chi connectivity index (χ3n) is 5.24. The van der Waals surface area contributed by atoms with E-state index in [1.807, 2.05) is 30.9 Å². The predicted molar refractivity (Wildman–Crippen MR) is 127 cm³/mol. The third-order valence-corrected chi connectivity index (χ3v) is 5.80. The fourth-order valence-electron chi connectivity index (χ4n) is 3.56. The average Bonchev–Trinajstić information content (AvgIpc) is 2.78. The van der Waals surface area contributed by atoms with Gasteiger partial charge in [0.25, 0.3) is 0 Å². The quantitative estimate of drug-likeness (QED) is 0.533. The van der Waals surface area contributed by atoms with Gasteiger partial charge >= 0.3 is 6.03 Å². The molecule has 2 aromatic carbocycles. The summed E-state index contributed by atoms with van der Waals surface area (Å²) in [6.07, 6.45) is 1.47. The second-order valence-corrected chi connectivity index (χ2v) is 8.52. The molecular weight excluding hydrogens is 449 g/mol. The number of anilines is 2. The molecule has 7 nitrogen and oxygen atoms in total. The van der Waals surface area contributed by atoms with Crippen molar-refractivity contribution in [2.75, 3.05) is 29.9 Å². The van der Waals surface area contributed by atoms with Crippen LogP contribution in [0.25, 0.3) is 0 Å². The number of amides is 2. The number of nitrogens with zero attached hydrogens (tertiary/aromatic N) is 4. The van der Waals surface area contributed by atoms with Crippen LogP contribution >= 0.6 is 23.2 Å². The summed E-state index contributed by atoms with van der Waals surface area (Å²) in [7, 11) is 0. The molecule has 9 heteroatoms. The van der Waals surface area contributed by atoms with Crippen LogP contribution in [-0.4, -0.2) is 46.6 Å². The van der Waals surface area contributed by atoms with Gasteiger partial charge in [0, 0.05) is 42.5 Å². The Hall–Kier alpha value is -3.03. The fourth-order valence-corrected chi connectivity index (χ4v) is 3.84. The number of piperazine rings is 1. The third kappa shape index (κ3) is 5.23. The normalized spacial score (nSPS) is 16.1. The summed E-state index contributed by atoms with van der Waals surface area (Å²) in [5.74, 6) is 1.70. The Bertz CT molecular complexity index is 1110. The van der Waals surface area contributed by atoms with Crippen LogP contribution in [0.5, 0.6) is 11.6 Å². The number of aryl methyl sites for hydroxylation is 1. The zero-order valence-electron chi connectivity index (χ0n) is 17.8.